The van der Waals surface area contributed by atoms with E-state index >= 15 is 0 Å². The van der Waals surface area contributed by atoms with Gasteiger partial charge in [0.1, 0.15) is 52.9 Å². The summed E-state index contributed by atoms with van der Waals surface area (Å²) >= 11 is -4.07. The minimum absolute atomic E-state index is 0. The Kier molecular flexibility index (Phi) is 175. The van der Waals surface area contributed by atoms with Crippen molar-refractivity contribution in [2.45, 2.75) is 56.4 Å². The summed E-state index contributed by atoms with van der Waals surface area (Å²) in [5.74, 6) is 0. The molecule has 0 bridgehead atoms. The third-order valence-electron chi connectivity index (χ3n) is 4.46. The van der Waals surface area contributed by atoms with Gasteiger partial charge in [0.15, 0.2) is 0 Å². The zero-order valence-electron chi connectivity index (χ0n) is 48.3. The lowest BCUT2D eigenvalue weighted by Gasteiger charge is -2.07. The minimum atomic E-state index is -4.67. The lowest BCUT2D eigenvalue weighted by Crippen LogP contribution is -2.15. The molecule has 4 aliphatic rings. The summed E-state index contributed by atoms with van der Waals surface area (Å²) in [5, 5.41) is 46.9. The zero-order chi connectivity index (χ0) is 73.1. The third kappa shape index (κ3) is 241. The summed E-state index contributed by atoms with van der Waals surface area (Å²) in [4.78, 5) is 35.2. The summed E-state index contributed by atoms with van der Waals surface area (Å²) in [7, 11) is -24.1. The van der Waals surface area contributed by atoms with Crippen LogP contribution in [0.1, 0.15) is 56.4 Å². The van der Waals surface area contributed by atoms with E-state index < -0.39 is 135 Å². The fourth-order valence-corrected chi connectivity index (χ4v) is 3.90. The highest BCUT2D eigenvalue weighted by molar-refractivity contribution is 7.89. The first kappa shape index (κ1) is 144. The van der Waals surface area contributed by atoms with E-state index in [9.17, 15) is 25.3 Å². The summed E-state index contributed by atoms with van der Waals surface area (Å²) < 4.78 is 275. The molecule has 0 saturated carbocycles. The van der Waals surface area contributed by atoms with Crippen molar-refractivity contribution >= 4 is 133 Å². The SMILES string of the molecule is C.C.C.C.C1COOSOO1.C1COOSOOCCO1.CCCOCCO.CCCOCCO.O.O.O.O.O=S(=O)(O)O.O=S(=O)(O)OCCO.O=S(=O)(O)OO.O=S(=O)(OO)OCCO.O=S(=O)=O.O=S(=O)=O.O=S1OOCCOCCOO1.O=S1OOCCOO1.O=S=O.O=S=O. The van der Waals surface area contributed by atoms with Gasteiger partial charge in [0.05, 0.1) is 79.3 Å². The minimum Gasteiger partial charge on any atom is -0.412 e. The van der Waals surface area contributed by atoms with Crippen LogP contribution < -0.4 is 0 Å². The van der Waals surface area contributed by atoms with E-state index in [0.29, 0.717) is 90.7 Å². The molecule has 0 unspecified atom stereocenters. The van der Waals surface area contributed by atoms with Gasteiger partial charge in [0.2, 0.25) is 24.6 Å². The van der Waals surface area contributed by atoms with Gasteiger partial charge in [-0.2, -0.15) is 58.9 Å². The van der Waals surface area contributed by atoms with Crippen LogP contribution in [0.5, 0.6) is 0 Å². The van der Waals surface area contributed by atoms with Crippen LogP contribution in [-0.2, 0) is 218 Å². The van der Waals surface area contributed by atoms with Crippen molar-refractivity contribution in [2.24, 2.45) is 0 Å². The van der Waals surface area contributed by atoms with E-state index in [2.05, 4.69) is 90.8 Å². The number of hydrogen-bond acceptors (Lipinski definition) is 52. The number of rotatable bonds is 16. The molecule has 0 aliphatic carbocycles. The number of hydrogen-bond donors (Lipinski definition) is 10. The zero-order valence-corrected chi connectivity index (χ0v) is 58.1. The molecule has 100 heavy (non-hydrogen) atoms. The van der Waals surface area contributed by atoms with Crippen molar-refractivity contribution in [1.29, 1.82) is 0 Å². The second-order valence-electron chi connectivity index (χ2n) is 11.1. The second-order valence-corrected chi connectivity index (χ2v) is 18.5. The Morgan fingerprint density at radius 1 is 0.400 bits per heavy atom. The normalized spacial score (nSPS) is 14.1. The Bertz CT molecular complexity index is 2180. The molecular formula is C30H88O58S12. The summed E-state index contributed by atoms with van der Waals surface area (Å²) in [5.41, 5.74) is 0. The van der Waals surface area contributed by atoms with Crippen LogP contribution in [0.2, 0.25) is 0 Å². The Balaban J connectivity index is -0.0000000456. The maximum Gasteiger partial charge on any atom is 0.426 e. The quantitative estimate of drug-likeness (QED) is 0.0226. The molecular weight excluding hydrogens is 1670 g/mol. The molecule has 0 spiro atoms. The van der Waals surface area contributed by atoms with Crippen LogP contribution >= 0.6 is 24.6 Å². The molecule has 18 N–H and O–H groups in total. The third-order valence-corrected chi connectivity index (χ3v) is 7.19. The van der Waals surface area contributed by atoms with Crippen LogP contribution in [0.4, 0.5) is 0 Å². The first-order chi connectivity index (χ1) is 43.2. The van der Waals surface area contributed by atoms with Crippen molar-refractivity contribution < 1.29 is 265 Å². The fourth-order valence-electron chi connectivity index (χ4n) is 2.19. The average molecular weight is 1760 g/mol. The molecule has 0 aromatic heterocycles. The van der Waals surface area contributed by atoms with Crippen molar-refractivity contribution in [1.82, 2.24) is 0 Å². The number of aliphatic hydroxyl groups excluding tert-OH is 4. The largest absolute Gasteiger partial charge is 0.426 e. The monoisotopic (exact) mass is 1760 g/mol. The van der Waals surface area contributed by atoms with Gasteiger partial charge in [-0.05, 0) is 12.8 Å². The van der Waals surface area contributed by atoms with Gasteiger partial charge in [0.25, 0.3) is 0 Å². The Morgan fingerprint density at radius 3 is 0.800 bits per heavy atom. The standard InChI is InChI=1S/2C5H12O2.C4H8O6S.C4H8O5S.C2H6O6S.C2H4O5S.C2H6O5S.C2H4O4S.4CH4.H2O5S.H2O4S.2O3S.2O2S.4H2O/c2*1-2-4-7-5-3-6;5-11-9-7-3-1-6-2-4-8-10-11;1-3-6-8-10-9-7-4-2-5-1;3-1-2-7-9(5,6)8-4;3-8-6-4-1-2-5-7-8;3-1-2-7-8(4,5)6;1-2-4-6-7-5-3-1;;;;;1-5-6(2,3)4;1-5(2,3)4;2*1-4(2)3;2*1-3-2;;;;/h2*6H,2-5H2,1H3;1-4H2;1-4H2;3-4H,1-2H2;1-2H2;3H,1-2H2,(H,4,5,6);1-2H2;4*1H4;1H,(H,2,3,4);(H2,1,2,3,4);;;;;4*1H2. The van der Waals surface area contributed by atoms with E-state index in [-0.39, 0.29) is 91.3 Å². The Morgan fingerprint density at radius 2 is 0.610 bits per heavy atom. The molecule has 0 aromatic rings. The molecule has 0 amide bonds. The highest BCUT2D eigenvalue weighted by Gasteiger charge is 2.10. The molecule has 70 heteroatoms. The predicted molar refractivity (Wildman–Crippen MR) is 324 cm³/mol. The Labute approximate surface area is 596 Å². The van der Waals surface area contributed by atoms with E-state index in [1.54, 1.807) is 0 Å². The second kappa shape index (κ2) is 121. The molecule has 0 aromatic carbocycles. The molecule has 4 heterocycles. The van der Waals surface area contributed by atoms with Crippen molar-refractivity contribution in [3.8, 4) is 0 Å². The maximum atomic E-state index is 10.5. The summed E-state index contributed by atoms with van der Waals surface area (Å²) in [6, 6.07) is 0. The van der Waals surface area contributed by atoms with Gasteiger partial charge in [-0.3, -0.25) is 18.2 Å². The van der Waals surface area contributed by atoms with Crippen molar-refractivity contribution in [3.05, 3.63) is 0 Å². The van der Waals surface area contributed by atoms with Gasteiger partial charge in [0, 0.05) is 13.2 Å². The van der Waals surface area contributed by atoms with E-state index in [0.717, 1.165) is 26.1 Å². The first-order valence-corrected chi connectivity index (χ1v) is 33.8. The van der Waals surface area contributed by atoms with Crippen LogP contribution in [0, 0.1) is 0 Å². The lowest BCUT2D eigenvalue weighted by molar-refractivity contribution is -0.267. The fraction of sp³-hybridized carbons (Fsp3) is 1.00. The van der Waals surface area contributed by atoms with Crippen LogP contribution in [0.3, 0.4) is 0 Å². The number of ether oxygens (including phenoxy) is 4. The number of aliphatic hydroxyl groups is 4. The smallest absolute Gasteiger partial charge is 0.412 e. The molecule has 4 saturated heterocycles. The molecule has 4 fully saturated rings. The van der Waals surface area contributed by atoms with Gasteiger partial charge in [-0.15, -0.1) is 59.9 Å². The van der Waals surface area contributed by atoms with Crippen molar-refractivity contribution in [3.63, 3.8) is 0 Å². The predicted octanol–water partition coefficient (Wildman–Crippen LogP) is -7.24. The Hall–Kier alpha value is -1.84. The average Bonchev–Trinajstić information content (AvgIpc) is 1.35. The van der Waals surface area contributed by atoms with Crippen LogP contribution in [0.15, 0.2) is 0 Å². The van der Waals surface area contributed by atoms with Crippen LogP contribution in [0.25, 0.3) is 0 Å². The topological polar surface area (TPSA) is 891 Å². The van der Waals surface area contributed by atoms with Gasteiger partial charge >= 0.3 is 109 Å². The molecule has 58 nitrogen and oxygen atoms in total. The van der Waals surface area contributed by atoms with E-state index in [4.69, 9.17) is 127 Å². The van der Waals surface area contributed by atoms with Crippen molar-refractivity contribution in [2.75, 3.05) is 145 Å². The van der Waals surface area contributed by atoms with E-state index in [1.807, 2.05) is 13.8 Å². The van der Waals surface area contributed by atoms with Gasteiger partial charge < -0.3 is 61.3 Å². The molecule has 628 valence electrons. The lowest BCUT2D eigenvalue weighted by atomic mass is 10.5. The summed E-state index contributed by atoms with van der Waals surface area (Å²) in [6.45, 7) is 9.39. The maximum absolute atomic E-state index is 10.5. The van der Waals surface area contributed by atoms with E-state index in [1.165, 1.54) is 0 Å². The van der Waals surface area contributed by atoms with Crippen LogP contribution in [-0.4, -0.2) is 301 Å². The highest BCUT2D eigenvalue weighted by atomic mass is 32.3. The molecule has 0 radical (unpaired) electrons. The molecule has 4 aliphatic heterocycles. The highest BCUT2D eigenvalue weighted by Crippen LogP contribution is 2.08. The molecule has 4 rings (SSSR count). The molecule has 0 atom stereocenters. The first-order valence-electron chi connectivity index (χ1n) is 21.6. The van der Waals surface area contributed by atoms with Gasteiger partial charge in [-0.1, -0.05) is 52.2 Å². The van der Waals surface area contributed by atoms with Gasteiger partial charge in [-0.25, -0.2) is 58.0 Å². The summed E-state index contributed by atoms with van der Waals surface area (Å²) in [6.07, 6.45) is 2.06.